The maximum Gasteiger partial charge on any atom is 0.251 e. The van der Waals surface area contributed by atoms with Gasteiger partial charge in [0.1, 0.15) is 11.9 Å². The first-order chi connectivity index (χ1) is 12.5. The van der Waals surface area contributed by atoms with E-state index in [1.165, 1.54) is 0 Å². The van der Waals surface area contributed by atoms with Gasteiger partial charge in [0.2, 0.25) is 5.91 Å². The molecule has 0 atom stereocenters. The van der Waals surface area contributed by atoms with E-state index in [0.717, 1.165) is 0 Å². The lowest BCUT2D eigenvalue weighted by Gasteiger charge is -2.32. The van der Waals surface area contributed by atoms with Gasteiger partial charge in [-0.3, -0.25) is 9.59 Å². The Morgan fingerprint density at radius 3 is 2.69 bits per heavy atom. The standard InChI is InChI=1S/C18H25ClN2O5/c1-25-11-7-20-18(24)13-2-3-16(15(19)12-13)26-14-4-8-21(9-5-14)17(23)6-10-22/h2-3,12,14,22H,4-11H2,1H3,(H,20,24). The van der Waals surface area contributed by atoms with Crippen molar-refractivity contribution in [3.8, 4) is 5.75 Å². The van der Waals surface area contributed by atoms with Gasteiger partial charge in [0, 0.05) is 51.6 Å². The number of methoxy groups -OCH3 is 1. The van der Waals surface area contributed by atoms with Crippen molar-refractivity contribution in [3.05, 3.63) is 28.8 Å². The summed E-state index contributed by atoms with van der Waals surface area (Å²) in [6.45, 7) is 1.94. The van der Waals surface area contributed by atoms with Crippen molar-refractivity contribution < 1.29 is 24.2 Å². The van der Waals surface area contributed by atoms with Gasteiger partial charge in [-0.25, -0.2) is 0 Å². The van der Waals surface area contributed by atoms with Crippen LogP contribution in [0.3, 0.4) is 0 Å². The Morgan fingerprint density at radius 1 is 1.35 bits per heavy atom. The van der Waals surface area contributed by atoms with E-state index in [1.54, 1.807) is 30.2 Å². The third kappa shape index (κ3) is 5.86. The lowest BCUT2D eigenvalue weighted by atomic mass is 10.1. The Hall–Kier alpha value is -1.83. The number of aliphatic hydroxyl groups is 1. The lowest BCUT2D eigenvalue weighted by Crippen LogP contribution is -2.42. The van der Waals surface area contributed by atoms with Gasteiger partial charge >= 0.3 is 0 Å². The van der Waals surface area contributed by atoms with E-state index in [9.17, 15) is 9.59 Å². The molecule has 2 N–H and O–H groups in total. The summed E-state index contributed by atoms with van der Waals surface area (Å²) in [5, 5.41) is 12.0. The van der Waals surface area contributed by atoms with Gasteiger partial charge in [0.25, 0.3) is 5.91 Å². The minimum absolute atomic E-state index is 0.0344. The van der Waals surface area contributed by atoms with Gasteiger partial charge in [-0.1, -0.05) is 11.6 Å². The molecule has 2 amide bonds. The summed E-state index contributed by atoms with van der Waals surface area (Å²) in [6, 6.07) is 4.94. The molecule has 144 valence electrons. The summed E-state index contributed by atoms with van der Waals surface area (Å²) in [5.74, 6) is 0.277. The van der Waals surface area contributed by atoms with E-state index < -0.39 is 0 Å². The minimum Gasteiger partial charge on any atom is -0.489 e. The van der Waals surface area contributed by atoms with Crippen LogP contribution in [0.2, 0.25) is 5.02 Å². The molecule has 1 fully saturated rings. The molecular weight excluding hydrogens is 360 g/mol. The Bertz CT molecular complexity index is 618. The molecule has 0 aromatic heterocycles. The van der Waals surface area contributed by atoms with Crippen molar-refractivity contribution >= 4 is 23.4 Å². The summed E-state index contributed by atoms with van der Waals surface area (Å²) in [6.07, 6.45) is 1.53. The summed E-state index contributed by atoms with van der Waals surface area (Å²) in [7, 11) is 1.57. The third-order valence-electron chi connectivity index (χ3n) is 4.20. The van der Waals surface area contributed by atoms with Gasteiger partial charge in [0.05, 0.1) is 18.2 Å². The average molecular weight is 385 g/mol. The summed E-state index contributed by atoms with van der Waals surface area (Å²) < 4.78 is 10.8. The molecule has 1 aromatic carbocycles. The highest BCUT2D eigenvalue weighted by Crippen LogP contribution is 2.28. The molecule has 7 nitrogen and oxygen atoms in total. The van der Waals surface area contributed by atoms with E-state index in [0.29, 0.717) is 55.4 Å². The molecular formula is C18H25ClN2O5. The quantitative estimate of drug-likeness (QED) is 0.663. The highest BCUT2D eigenvalue weighted by molar-refractivity contribution is 6.32. The number of nitrogens with zero attached hydrogens (tertiary/aromatic N) is 1. The molecule has 0 aliphatic carbocycles. The number of ether oxygens (including phenoxy) is 2. The molecule has 26 heavy (non-hydrogen) atoms. The molecule has 1 aliphatic rings. The fourth-order valence-corrected chi connectivity index (χ4v) is 2.99. The minimum atomic E-state index is -0.216. The first-order valence-corrected chi connectivity index (χ1v) is 9.05. The summed E-state index contributed by atoms with van der Waals surface area (Å²) >= 11 is 6.25. The molecule has 1 heterocycles. The molecule has 1 saturated heterocycles. The van der Waals surface area contributed by atoms with Crippen LogP contribution in [0.25, 0.3) is 0 Å². The molecule has 2 rings (SSSR count). The number of hydrogen-bond donors (Lipinski definition) is 2. The molecule has 1 aromatic rings. The van der Waals surface area contributed by atoms with E-state index in [4.69, 9.17) is 26.2 Å². The second-order valence-corrected chi connectivity index (χ2v) is 6.47. The van der Waals surface area contributed by atoms with Crippen molar-refractivity contribution in [3.63, 3.8) is 0 Å². The number of rotatable bonds is 8. The van der Waals surface area contributed by atoms with Crippen molar-refractivity contribution in [1.82, 2.24) is 10.2 Å². The highest BCUT2D eigenvalue weighted by atomic mass is 35.5. The SMILES string of the molecule is COCCNC(=O)c1ccc(OC2CCN(C(=O)CCO)CC2)c(Cl)c1. The zero-order valence-electron chi connectivity index (χ0n) is 14.9. The lowest BCUT2D eigenvalue weighted by molar-refractivity contribution is -0.133. The Morgan fingerprint density at radius 2 is 2.08 bits per heavy atom. The van der Waals surface area contributed by atoms with Crippen LogP contribution in [0.1, 0.15) is 29.6 Å². The molecule has 0 bridgehead atoms. The summed E-state index contributed by atoms with van der Waals surface area (Å²) in [5.41, 5.74) is 0.461. The predicted octanol–water partition coefficient (Wildman–Crippen LogP) is 1.47. The fraction of sp³-hybridized carbons (Fsp3) is 0.556. The van der Waals surface area contributed by atoms with Crippen LogP contribution in [-0.4, -0.2) is 67.9 Å². The molecule has 0 spiro atoms. The van der Waals surface area contributed by atoms with Crippen LogP contribution in [0.4, 0.5) is 0 Å². The number of benzene rings is 1. The number of hydrogen-bond acceptors (Lipinski definition) is 5. The second-order valence-electron chi connectivity index (χ2n) is 6.07. The average Bonchev–Trinajstić information content (AvgIpc) is 2.64. The monoisotopic (exact) mass is 384 g/mol. The normalized spacial score (nSPS) is 15.0. The summed E-state index contributed by atoms with van der Waals surface area (Å²) in [4.78, 5) is 25.5. The highest BCUT2D eigenvalue weighted by Gasteiger charge is 2.24. The van der Waals surface area contributed by atoms with Crippen LogP contribution < -0.4 is 10.1 Å². The van der Waals surface area contributed by atoms with Crippen molar-refractivity contribution in [1.29, 1.82) is 0 Å². The van der Waals surface area contributed by atoms with Gasteiger partial charge in [-0.15, -0.1) is 0 Å². The predicted molar refractivity (Wildman–Crippen MR) is 97.6 cm³/mol. The number of likely N-dealkylation sites (tertiary alicyclic amines) is 1. The zero-order chi connectivity index (χ0) is 18.9. The van der Waals surface area contributed by atoms with Crippen LogP contribution in [0.5, 0.6) is 5.75 Å². The van der Waals surface area contributed by atoms with Crippen LogP contribution in [0, 0.1) is 0 Å². The topological polar surface area (TPSA) is 88.1 Å². The molecule has 8 heteroatoms. The maximum atomic E-state index is 12.0. The third-order valence-corrected chi connectivity index (χ3v) is 4.50. The fourth-order valence-electron chi connectivity index (χ4n) is 2.76. The number of halogens is 1. The molecule has 0 unspecified atom stereocenters. The van der Waals surface area contributed by atoms with Gasteiger partial charge < -0.3 is 24.8 Å². The van der Waals surface area contributed by atoms with Gasteiger partial charge in [-0.05, 0) is 18.2 Å². The second kappa shape index (κ2) is 10.4. The molecule has 0 radical (unpaired) electrons. The van der Waals surface area contributed by atoms with Gasteiger partial charge in [-0.2, -0.15) is 0 Å². The van der Waals surface area contributed by atoms with Crippen molar-refractivity contribution in [2.24, 2.45) is 0 Å². The van der Waals surface area contributed by atoms with Crippen LogP contribution >= 0.6 is 11.6 Å². The number of nitrogens with one attached hydrogen (secondary N) is 1. The van der Waals surface area contributed by atoms with Crippen LogP contribution in [-0.2, 0) is 9.53 Å². The van der Waals surface area contributed by atoms with Crippen molar-refractivity contribution in [2.45, 2.75) is 25.4 Å². The van der Waals surface area contributed by atoms with Gasteiger partial charge in [0.15, 0.2) is 0 Å². The molecule has 0 saturated carbocycles. The Balaban J connectivity index is 1.87. The van der Waals surface area contributed by atoms with Crippen LogP contribution in [0.15, 0.2) is 18.2 Å². The Labute approximate surface area is 158 Å². The molecule has 1 aliphatic heterocycles. The van der Waals surface area contributed by atoms with E-state index in [2.05, 4.69) is 5.32 Å². The maximum absolute atomic E-state index is 12.0. The van der Waals surface area contributed by atoms with E-state index >= 15 is 0 Å². The number of carbonyl (C=O) groups excluding carboxylic acids is 2. The first-order valence-electron chi connectivity index (χ1n) is 8.67. The number of carbonyl (C=O) groups is 2. The van der Waals surface area contributed by atoms with Crippen molar-refractivity contribution in [2.75, 3.05) is 40.0 Å². The first kappa shape index (κ1) is 20.5. The van der Waals surface area contributed by atoms with E-state index in [1.807, 2.05) is 0 Å². The van der Waals surface area contributed by atoms with E-state index in [-0.39, 0.29) is 30.9 Å². The largest absolute Gasteiger partial charge is 0.489 e. The smallest absolute Gasteiger partial charge is 0.251 e. The number of aliphatic hydroxyl groups excluding tert-OH is 1. The number of amides is 2. The number of piperidine rings is 1. The Kier molecular flexibility index (Phi) is 8.15. The zero-order valence-corrected chi connectivity index (χ0v) is 15.6.